The molecule has 1 atom stereocenters. The van der Waals surface area contributed by atoms with Gasteiger partial charge in [0.1, 0.15) is 3.23 Å². The number of anilines is 1. The molecule has 0 aromatic heterocycles. The van der Waals surface area contributed by atoms with Crippen LogP contribution in [0, 0.1) is 5.82 Å². The predicted molar refractivity (Wildman–Crippen MR) is 101 cm³/mol. The van der Waals surface area contributed by atoms with Crippen LogP contribution in [0.15, 0.2) is 29.3 Å². The molecule has 1 saturated heterocycles. The number of hydrogen-bond acceptors (Lipinski definition) is 4. The molecule has 1 aliphatic rings. The number of rotatable bonds is 5. The topological polar surface area (TPSA) is 62.0 Å². The Hall–Kier alpha value is -1.03. The largest absolute Gasteiger partial charge is 0.515 e. The van der Waals surface area contributed by atoms with E-state index in [-0.39, 0.29) is 17.4 Å². The number of halogens is 5. The van der Waals surface area contributed by atoms with Gasteiger partial charge in [-0.3, -0.25) is 0 Å². The van der Waals surface area contributed by atoms with Gasteiger partial charge in [-0.2, -0.15) is 4.79 Å². The monoisotopic (exact) mass is 516 g/mol. The fourth-order valence-electron chi connectivity index (χ4n) is 1.92. The van der Waals surface area contributed by atoms with Crippen LogP contribution in [0.1, 0.15) is 0 Å². The van der Waals surface area contributed by atoms with Gasteiger partial charge in [0, 0.05) is 0 Å². The minimum absolute atomic E-state index is 0.00763. The highest BCUT2D eigenvalue weighted by Crippen LogP contribution is 2.36. The number of nitrogens with zero attached hydrogens (tertiary/aromatic N) is 3. The first-order valence-electron chi connectivity index (χ1n) is 6.68. The Kier molecular flexibility index (Phi) is 6.58. The number of alkyl halides is 4. The molecule has 1 aromatic carbocycles. The molecule has 11 heteroatoms. The third kappa shape index (κ3) is 4.05. The molecule has 1 unspecified atom stereocenters. The van der Waals surface area contributed by atoms with Crippen molar-refractivity contribution in [2.24, 2.45) is 4.99 Å². The van der Waals surface area contributed by atoms with E-state index in [1.54, 1.807) is 0 Å². The van der Waals surface area contributed by atoms with E-state index < -0.39 is 26.5 Å². The SMILES string of the molecule is COC=[N+]1C(=O)C(=NC(Cl)C(Br)(Br)CCl)N(c2ccccc2F)C1=O. The Morgan fingerprint density at radius 1 is 1.44 bits per heavy atom. The molecule has 0 N–H and O–H groups in total. The Balaban J connectivity index is 2.61. The lowest BCUT2D eigenvalue weighted by Crippen LogP contribution is -2.35. The van der Waals surface area contributed by atoms with Crippen LogP contribution in [0.3, 0.4) is 0 Å². The Morgan fingerprint density at radius 3 is 2.64 bits per heavy atom. The van der Waals surface area contributed by atoms with E-state index in [0.717, 1.165) is 17.4 Å². The maximum atomic E-state index is 14.2. The fraction of sp³-hybridized carbons (Fsp3) is 0.286. The number of carbonyl (C=O) groups is 2. The summed E-state index contributed by atoms with van der Waals surface area (Å²) in [7, 11) is 1.27. The summed E-state index contributed by atoms with van der Waals surface area (Å²) in [5, 5.41) is 0. The molecule has 1 aliphatic heterocycles. The van der Waals surface area contributed by atoms with Gasteiger partial charge in [-0.15, -0.1) is 16.5 Å². The number of para-hydroxylation sites is 1. The summed E-state index contributed by atoms with van der Waals surface area (Å²) < 4.78 is 18.5. The van der Waals surface area contributed by atoms with E-state index in [1.165, 1.54) is 25.3 Å². The number of amides is 3. The molecule has 1 heterocycles. The van der Waals surface area contributed by atoms with Crippen LogP contribution in [0.4, 0.5) is 14.9 Å². The van der Waals surface area contributed by atoms with Gasteiger partial charge in [0.15, 0.2) is 17.0 Å². The summed E-state index contributed by atoms with van der Waals surface area (Å²) in [5.41, 5.74) is -1.22. The smallest absolute Gasteiger partial charge is 0.471 e. The van der Waals surface area contributed by atoms with E-state index >= 15 is 0 Å². The number of hydrogen-bond donors (Lipinski definition) is 0. The second kappa shape index (κ2) is 8.11. The highest BCUT2D eigenvalue weighted by Gasteiger charge is 2.53. The number of carbonyl (C=O) groups excluding carboxylic acids is 2. The Bertz CT molecular complexity index is 773. The number of amidine groups is 1. The maximum absolute atomic E-state index is 14.2. The van der Waals surface area contributed by atoms with Crippen LogP contribution in [0.2, 0.25) is 0 Å². The molecule has 1 aromatic rings. The number of methoxy groups -OCH3 is 1. The lowest BCUT2D eigenvalue weighted by molar-refractivity contribution is -0.345. The lowest BCUT2D eigenvalue weighted by Gasteiger charge is -2.20. The van der Waals surface area contributed by atoms with E-state index in [4.69, 9.17) is 27.9 Å². The van der Waals surface area contributed by atoms with Crippen LogP contribution in [0.5, 0.6) is 0 Å². The fourth-order valence-corrected chi connectivity index (χ4v) is 2.52. The third-order valence-electron chi connectivity index (χ3n) is 3.09. The molecule has 0 saturated carbocycles. The van der Waals surface area contributed by atoms with Gasteiger partial charge in [-0.25, -0.2) is 14.2 Å². The van der Waals surface area contributed by atoms with Crippen molar-refractivity contribution in [1.29, 1.82) is 0 Å². The molecule has 134 valence electrons. The first kappa shape index (κ1) is 20.3. The minimum atomic E-state index is -1.08. The first-order chi connectivity index (χ1) is 11.7. The van der Waals surface area contributed by atoms with Gasteiger partial charge in [-0.1, -0.05) is 60.2 Å². The van der Waals surface area contributed by atoms with Crippen molar-refractivity contribution in [3.05, 3.63) is 30.1 Å². The van der Waals surface area contributed by atoms with Crippen molar-refractivity contribution in [3.63, 3.8) is 0 Å². The average Bonchev–Trinajstić information content (AvgIpc) is 2.80. The van der Waals surface area contributed by atoms with Crippen LogP contribution >= 0.6 is 55.1 Å². The zero-order valence-electron chi connectivity index (χ0n) is 12.6. The second-order valence-electron chi connectivity index (χ2n) is 4.77. The van der Waals surface area contributed by atoms with Crippen molar-refractivity contribution in [3.8, 4) is 0 Å². The standard InChI is InChI=1S/C14H11Br2Cl2FN3O3/c1-25-7-21-11(23)10(20-12(18)14(15,16)6-17)22(13(21)24)9-5-3-2-4-8(9)19/h2-5,7,12H,6H2,1H3/q+1. The molecule has 0 radical (unpaired) electrons. The summed E-state index contributed by atoms with van der Waals surface area (Å²) >= 11 is 18.4. The number of benzene rings is 1. The van der Waals surface area contributed by atoms with E-state index in [2.05, 4.69) is 36.9 Å². The molecular formula is C14H11Br2Cl2FN3O3+. The highest BCUT2D eigenvalue weighted by molar-refractivity contribution is 9.25. The minimum Gasteiger partial charge on any atom is -0.471 e. The van der Waals surface area contributed by atoms with Gasteiger partial charge >= 0.3 is 17.8 Å². The van der Waals surface area contributed by atoms with Gasteiger partial charge in [0.05, 0.1) is 13.0 Å². The normalized spacial score (nSPS) is 19.8. The average molecular weight is 519 g/mol. The molecule has 0 spiro atoms. The van der Waals surface area contributed by atoms with E-state index in [1.807, 2.05) is 0 Å². The van der Waals surface area contributed by atoms with Crippen LogP contribution < -0.4 is 4.90 Å². The van der Waals surface area contributed by atoms with Crippen molar-refractivity contribution in [1.82, 2.24) is 0 Å². The molecular weight excluding hydrogens is 508 g/mol. The highest BCUT2D eigenvalue weighted by atomic mass is 79.9. The summed E-state index contributed by atoms with van der Waals surface area (Å²) in [5.74, 6) is -1.88. The maximum Gasteiger partial charge on any atom is 0.515 e. The zero-order chi connectivity index (χ0) is 18.8. The van der Waals surface area contributed by atoms with Crippen LogP contribution in [-0.4, -0.2) is 50.5 Å². The number of aliphatic imine (C=N–C) groups is 1. The Labute approximate surface area is 169 Å². The van der Waals surface area contributed by atoms with Crippen molar-refractivity contribution in [2.75, 3.05) is 17.9 Å². The lowest BCUT2D eigenvalue weighted by atomic mass is 10.3. The molecule has 1 fully saturated rings. The summed E-state index contributed by atoms with van der Waals surface area (Å²) in [6.07, 6.45) is 0.904. The number of urea groups is 1. The van der Waals surface area contributed by atoms with Gasteiger partial charge in [-0.05, 0) is 12.1 Å². The van der Waals surface area contributed by atoms with Crippen molar-refractivity contribution >= 4 is 84.9 Å². The summed E-state index contributed by atoms with van der Waals surface area (Å²) in [4.78, 5) is 30.0. The van der Waals surface area contributed by atoms with Crippen molar-refractivity contribution in [2.45, 2.75) is 8.73 Å². The first-order valence-corrected chi connectivity index (χ1v) is 9.24. The molecule has 3 amide bonds. The Morgan fingerprint density at radius 2 is 2.08 bits per heavy atom. The third-order valence-corrected chi connectivity index (χ3v) is 6.58. The number of ether oxygens (including phenoxy) is 1. The summed E-state index contributed by atoms with van der Waals surface area (Å²) in [6.45, 7) is 0. The molecule has 25 heavy (non-hydrogen) atoms. The predicted octanol–water partition coefficient (Wildman–Crippen LogP) is 3.67. The molecule has 6 nitrogen and oxygen atoms in total. The quantitative estimate of drug-likeness (QED) is 0.196. The summed E-state index contributed by atoms with van der Waals surface area (Å²) in [6, 6.07) is 4.63. The molecule has 0 aliphatic carbocycles. The van der Waals surface area contributed by atoms with Crippen LogP contribution in [0.25, 0.3) is 0 Å². The molecule has 0 bridgehead atoms. The second-order valence-corrected chi connectivity index (χ2v) is 9.34. The number of imide groups is 1. The molecule has 2 rings (SSSR count). The van der Waals surface area contributed by atoms with Crippen LogP contribution in [-0.2, 0) is 9.53 Å². The van der Waals surface area contributed by atoms with E-state index in [9.17, 15) is 14.0 Å². The van der Waals surface area contributed by atoms with Gasteiger partial charge in [0.2, 0.25) is 0 Å². The van der Waals surface area contributed by atoms with Gasteiger partial charge in [0.25, 0.3) is 6.40 Å². The van der Waals surface area contributed by atoms with E-state index in [0.29, 0.717) is 4.58 Å². The van der Waals surface area contributed by atoms with Gasteiger partial charge < -0.3 is 4.74 Å². The zero-order valence-corrected chi connectivity index (χ0v) is 17.3. The van der Waals surface area contributed by atoms with Crippen molar-refractivity contribution < 1.29 is 23.3 Å².